The first-order valence-electron chi connectivity index (χ1n) is 5.37. The van der Waals surface area contributed by atoms with Gasteiger partial charge in [0.25, 0.3) is 0 Å². The molecule has 0 radical (unpaired) electrons. The fourth-order valence-corrected chi connectivity index (χ4v) is 1.90. The Morgan fingerprint density at radius 2 is 1.94 bits per heavy atom. The third kappa shape index (κ3) is 2.27. The highest BCUT2D eigenvalue weighted by Crippen LogP contribution is 2.38. The van der Waals surface area contributed by atoms with Crippen molar-refractivity contribution < 1.29 is 22.7 Å². The number of amides is 1. The summed E-state index contributed by atoms with van der Waals surface area (Å²) in [5.74, 6) is -1.59. The van der Waals surface area contributed by atoms with Crippen molar-refractivity contribution in [1.29, 1.82) is 0 Å². The van der Waals surface area contributed by atoms with Crippen LogP contribution in [0.4, 0.5) is 18.9 Å². The smallest absolute Gasteiger partial charge is 0.471 e. The fraction of sp³-hybridized carbons (Fsp3) is 0.417. The van der Waals surface area contributed by atoms with Crippen molar-refractivity contribution in [3.8, 4) is 5.75 Å². The molecule has 1 aliphatic heterocycles. The van der Waals surface area contributed by atoms with Gasteiger partial charge in [-0.2, -0.15) is 13.2 Å². The molecule has 0 aliphatic carbocycles. The summed E-state index contributed by atoms with van der Waals surface area (Å²) in [6, 6.07) is 6.20. The summed E-state index contributed by atoms with van der Waals surface area (Å²) in [5, 5.41) is 0. The first-order chi connectivity index (χ1) is 8.21. The van der Waals surface area contributed by atoms with Gasteiger partial charge < -0.3 is 4.74 Å². The van der Waals surface area contributed by atoms with E-state index in [-0.39, 0.29) is 18.0 Å². The maximum absolute atomic E-state index is 12.5. The molecule has 1 aromatic rings. The highest BCUT2D eigenvalue weighted by molar-refractivity contribution is 5.99. The van der Waals surface area contributed by atoms with Crippen LogP contribution >= 0.6 is 0 Å². The summed E-state index contributed by atoms with van der Waals surface area (Å²) in [7, 11) is 0. The Morgan fingerprint density at radius 3 is 2.56 bits per heavy atom. The summed E-state index contributed by atoms with van der Waals surface area (Å²) in [6.07, 6.45) is -4.89. The minimum absolute atomic E-state index is 0.137. The van der Waals surface area contributed by atoms with Gasteiger partial charge in [0, 0.05) is 0 Å². The Labute approximate surface area is 102 Å². The zero-order chi connectivity index (χ0) is 13.6. The van der Waals surface area contributed by atoms with E-state index in [1.165, 1.54) is 6.07 Å². The maximum Gasteiger partial charge on any atom is 0.471 e. The first-order valence-corrected chi connectivity index (χ1v) is 5.37. The minimum atomic E-state index is -4.89. The van der Waals surface area contributed by atoms with E-state index >= 15 is 0 Å². The Morgan fingerprint density at radius 1 is 1.33 bits per heavy atom. The average Bonchev–Trinajstić information content (AvgIpc) is 2.24. The number of hydrogen-bond donors (Lipinski definition) is 0. The number of anilines is 1. The Hall–Kier alpha value is -1.72. The number of halogens is 3. The molecular weight excluding hydrogens is 247 g/mol. The second-order valence-corrected chi connectivity index (χ2v) is 4.72. The molecule has 0 fully saturated rings. The van der Waals surface area contributed by atoms with Gasteiger partial charge in [-0.25, -0.2) is 0 Å². The highest BCUT2D eigenvalue weighted by atomic mass is 19.4. The molecule has 0 spiro atoms. The van der Waals surface area contributed by atoms with E-state index in [9.17, 15) is 18.0 Å². The lowest BCUT2D eigenvalue weighted by atomic mass is 10.0. The number of benzene rings is 1. The van der Waals surface area contributed by atoms with Crippen LogP contribution in [0.5, 0.6) is 5.75 Å². The molecule has 0 N–H and O–H groups in total. The van der Waals surface area contributed by atoms with Crippen LogP contribution in [0.1, 0.15) is 13.8 Å². The van der Waals surface area contributed by atoms with Crippen molar-refractivity contribution in [2.45, 2.75) is 25.6 Å². The summed E-state index contributed by atoms with van der Waals surface area (Å²) >= 11 is 0. The van der Waals surface area contributed by atoms with E-state index < -0.39 is 17.7 Å². The van der Waals surface area contributed by atoms with Crippen molar-refractivity contribution in [1.82, 2.24) is 0 Å². The zero-order valence-electron chi connectivity index (χ0n) is 9.91. The molecular formula is C12H12F3NO2. The van der Waals surface area contributed by atoms with E-state index in [2.05, 4.69) is 0 Å². The largest absolute Gasteiger partial charge is 0.484 e. The van der Waals surface area contributed by atoms with Gasteiger partial charge in [0.2, 0.25) is 0 Å². The molecule has 1 amide bonds. The molecule has 1 aliphatic rings. The lowest BCUT2D eigenvalue weighted by molar-refractivity contribution is -0.171. The molecule has 0 unspecified atom stereocenters. The van der Waals surface area contributed by atoms with Crippen LogP contribution in [0, 0.1) is 0 Å². The Kier molecular flexibility index (Phi) is 2.76. The first kappa shape index (κ1) is 12.7. The number of para-hydroxylation sites is 2. The predicted molar refractivity (Wildman–Crippen MR) is 59.6 cm³/mol. The molecule has 98 valence electrons. The molecule has 0 aromatic heterocycles. The number of carbonyl (C=O) groups excluding carboxylic acids is 1. The number of alkyl halides is 3. The fourth-order valence-electron chi connectivity index (χ4n) is 1.90. The molecule has 6 heteroatoms. The third-order valence-corrected chi connectivity index (χ3v) is 2.57. The van der Waals surface area contributed by atoms with Gasteiger partial charge in [0.15, 0.2) is 0 Å². The van der Waals surface area contributed by atoms with Gasteiger partial charge in [-0.15, -0.1) is 0 Å². The summed E-state index contributed by atoms with van der Waals surface area (Å²) in [5.41, 5.74) is -0.700. The van der Waals surface area contributed by atoms with Crippen molar-refractivity contribution >= 4 is 11.6 Å². The average molecular weight is 259 g/mol. The normalized spacial score (nSPS) is 17.9. The van der Waals surface area contributed by atoms with Crippen molar-refractivity contribution in [3.05, 3.63) is 24.3 Å². The number of rotatable bonds is 0. The zero-order valence-corrected chi connectivity index (χ0v) is 9.91. The molecule has 1 heterocycles. The number of carbonyl (C=O) groups is 1. The van der Waals surface area contributed by atoms with Crippen LogP contribution < -0.4 is 9.64 Å². The van der Waals surface area contributed by atoms with Crippen molar-refractivity contribution in [2.24, 2.45) is 0 Å². The Balaban J connectivity index is 2.45. The van der Waals surface area contributed by atoms with E-state index in [1.807, 2.05) is 0 Å². The SMILES string of the molecule is CC1(C)CN(C(=O)C(F)(F)F)c2ccccc2O1. The van der Waals surface area contributed by atoms with Gasteiger partial charge in [-0.3, -0.25) is 9.69 Å². The summed E-state index contributed by atoms with van der Waals surface area (Å²) in [6.45, 7) is 3.14. The second-order valence-electron chi connectivity index (χ2n) is 4.72. The van der Waals surface area contributed by atoms with E-state index in [0.717, 1.165) is 4.90 Å². The molecule has 0 atom stereocenters. The molecule has 2 rings (SSSR count). The standard InChI is InChI=1S/C12H12F3NO2/c1-11(2)7-16(10(17)12(13,14)15)8-5-3-4-6-9(8)18-11/h3-6H,7H2,1-2H3. The van der Waals surface area contributed by atoms with Gasteiger partial charge >= 0.3 is 12.1 Å². The summed E-state index contributed by atoms with van der Waals surface area (Å²) in [4.78, 5) is 12.1. The molecule has 3 nitrogen and oxygen atoms in total. The van der Waals surface area contributed by atoms with Crippen LogP contribution in [-0.4, -0.2) is 24.2 Å². The molecule has 1 aromatic carbocycles. The number of hydrogen-bond acceptors (Lipinski definition) is 2. The van der Waals surface area contributed by atoms with E-state index in [0.29, 0.717) is 0 Å². The van der Waals surface area contributed by atoms with E-state index in [1.54, 1.807) is 32.0 Å². The lowest BCUT2D eigenvalue weighted by Gasteiger charge is -2.39. The monoisotopic (exact) mass is 259 g/mol. The second kappa shape index (κ2) is 3.90. The molecule has 0 saturated heterocycles. The summed E-state index contributed by atoms with van der Waals surface area (Å²) < 4.78 is 43.2. The van der Waals surface area contributed by atoms with Gasteiger partial charge in [-0.05, 0) is 26.0 Å². The van der Waals surface area contributed by atoms with Gasteiger partial charge in [0.05, 0.1) is 12.2 Å². The number of fused-ring (bicyclic) bond motifs is 1. The van der Waals surface area contributed by atoms with E-state index in [4.69, 9.17) is 4.74 Å². The maximum atomic E-state index is 12.5. The predicted octanol–water partition coefficient (Wildman–Crippen LogP) is 2.75. The highest BCUT2D eigenvalue weighted by Gasteiger charge is 2.47. The van der Waals surface area contributed by atoms with Crippen LogP contribution in [0.15, 0.2) is 24.3 Å². The molecule has 18 heavy (non-hydrogen) atoms. The van der Waals surface area contributed by atoms with Gasteiger partial charge in [-0.1, -0.05) is 12.1 Å². The quantitative estimate of drug-likeness (QED) is 0.717. The number of ether oxygens (including phenoxy) is 1. The van der Waals surface area contributed by atoms with Crippen LogP contribution in [0.25, 0.3) is 0 Å². The minimum Gasteiger partial charge on any atom is -0.484 e. The Bertz CT molecular complexity index is 482. The number of nitrogens with zero attached hydrogens (tertiary/aromatic N) is 1. The van der Waals surface area contributed by atoms with Crippen LogP contribution in [0.3, 0.4) is 0 Å². The van der Waals surface area contributed by atoms with Gasteiger partial charge in [0.1, 0.15) is 11.4 Å². The van der Waals surface area contributed by atoms with Crippen molar-refractivity contribution in [2.75, 3.05) is 11.4 Å². The molecule has 0 saturated carbocycles. The molecule has 0 bridgehead atoms. The lowest BCUT2D eigenvalue weighted by Crippen LogP contribution is -2.52. The van der Waals surface area contributed by atoms with Crippen LogP contribution in [0.2, 0.25) is 0 Å². The third-order valence-electron chi connectivity index (χ3n) is 2.57. The van der Waals surface area contributed by atoms with Crippen molar-refractivity contribution in [3.63, 3.8) is 0 Å². The topological polar surface area (TPSA) is 29.5 Å². The van der Waals surface area contributed by atoms with Crippen LogP contribution in [-0.2, 0) is 4.79 Å².